The Bertz CT molecular complexity index is 897. The molecule has 0 atom stereocenters. The second-order valence-corrected chi connectivity index (χ2v) is 7.13. The van der Waals surface area contributed by atoms with E-state index in [0.717, 1.165) is 4.88 Å². The third-order valence-electron chi connectivity index (χ3n) is 4.06. The van der Waals surface area contributed by atoms with Gasteiger partial charge >= 0.3 is 5.97 Å². The molecule has 2 amide bonds. The maximum atomic E-state index is 12.3. The number of nitro benzene ring substituents is 1. The van der Waals surface area contributed by atoms with Crippen LogP contribution < -0.4 is 5.32 Å². The zero-order valence-electron chi connectivity index (χ0n) is 16.0. The molecular formula is C19H21N3O6S. The van der Waals surface area contributed by atoms with Crippen LogP contribution in [-0.4, -0.2) is 47.3 Å². The lowest BCUT2D eigenvalue weighted by molar-refractivity contribution is -0.385. The number of rotatable bonds is 9. The Balaban J connectivity index is 1.85. The number of amides is 2. The number of aryl methyl sites for hydroxylation is 1. The Morgan fingerprint density at radius 1 is 1.28 bits per heavy atom. The maximum absolute atomic E-state index is 12.3. The summed E-state index contributed by atoms with van der Waals surface area (Å²) in [4.78, 5) is 49.0. The number of carbonyl (C=O) groups excluding carboxylic acids is 3. The van der Waals surface area contributed by atoms with Crippen molar-refractivity contribution < 1.29 is 24.0 Å². The minimum Gasteiger partial charge on any atom is -0.452 e. The topological polar surface area (TPSA) is 119 Å². The number of carbonyl (C=O) groups is 3. The molecule has 0 aliphatic rings. The van der Waals surface area contributed by atoms with Gasteiger partial charge in [0.15, 0.2) is 6.61 Å². The highest BCUT2D eigenvalue weighted by atomic mass is 32.1. The number of nitrogens with zero attached hydrogens (tertiary/aromatic N) is 2. The van der Waals surface area contributed by atoms with Gasteiger partial charge in [0.25, 0.3) is 11.6 Å². The molecule has 9 nitrogen and oxygen atoms in total. The molecule has 1 heterocycles. The van der Waals surface area contributed by atoms with Gasteiger partial charge in [-0.05, 0) is 37.4 Å². The molecule has 0 spiro atoms. The number of benzene rings is 1. The Morgan fingerprint density at radius 3 is 2.62 bits per heavy atom. The van der Waals surface area contributed by atoms with E-state index in [2.05, 4.69) is 5.32 Å². The quantitative estimate of drug-likeness (QED) is 0.378. The molecule has 0 bridgehead atoms. The largest absolute Gasteiger partial charge is 0.452 e. The van der Waals surface area contributed by atoms with Crippen molar-refractivity contribution in [3.63, 3.8) is 0 Å². The standard InChI is InChI=1S/C19H21N3O6S/c1-3-21(11-17(23)20-10-15-5-4-8-29-15)18(24)12-28-19(25)14-6-7-16(22(26)27)13(2)9-14/h4-9H,3,10-12H2,1-2H3,(H,20,23). The van der Waals surface area contributed by atoms with Crippen LogP contribution in [0.1, 0.15) is 27.7 Å². The summed E-state index contributed by atoms with van der Waals surface area (Å²) in [5.41, 5.74) is 0.314. The van der Waals surface area contributed by atoms with E-state index < -0.39 is 23.4 Å². The lowest BCUT2D eigenvalue weighted by Gasteiger charge is -2.20. The summed E-state index contributed by atoms with van der Waals surface area (Å²) in [6.45, 7) is 3.21. The van der Waals surface area contributed by atoms with E-state index in [1.54, 1.807) is 6.92 Å². The predicted octanol–water partition coefficient (Wildman–Crippen LogP) is 2.29. The first-order valence-corrected chi connectivity index (χ1v) is 9.68. The van der Waals surface area contributed by atoms with Crippen molar-refractivity contribution in [1.82, 2.24) is 10.2 Å². The highest BCUT2D eigenvalue weighted by Crippen LogP contribution is 2.19. The van der Waals surface area contributed by atoms with Crippen molar-refractivity contribution in [3.05, 3.63) is 61.8 Å². The Morgan fingerprint density at radius 2 is 2.03 bits per heavy atom. The molecule has 1 aromatic carbocycles. The molecule has 29 heavy (non-hydrogen) atoms. The molecule has 10 heteroatoms. The summed E-state index contributed by atoms with van der Waals surface area (Å²) in [5.74, 6) is -1.59. The summed E-state index contributed by atoms with van der Waals surface area (Å²) in [6.07, 6.45) is 0. The van der Waals surface area contributed by atoms with Crippen LogP contribution in [0.5, 0.6) is 0 Å². The fourth-order valence-electron chi connectivity index (χ4n) is 2.49. The van der Waals surface area contributed by atoms with Gasteiger partial charge in [-0.1, -0.05) is 6.07 Å². The minimum atomic E-state index is -0.769. The van der Waals surface area contributed by atoms with Gasteiger partial charge in [-0.3, -0.25) is 19.7 Å². The van der Waals surface area contributed by atoms with Crippen LogP contribution in [0.2, 0.25) is 0 Å². The van der Waals surface area contributed by atoms with Crippen molar-refractivity contribution in [2.45, 2.75) is 20.4 Å². The van der Waals surface area contributed by atoms with Crippen LogP contribution in [0.4, 0.5) is 5.69 Å². The molecule has 0 radical (unpaired) electrons. The first-order chi connectivity index (χ1) is 13.8. The van der Waals surface area contributed by atoms with Crippen LogP contribution in [0.3, 0.4) is 0 Å². The van der Waals surface area contributed by atoms with Gasteiger partial charge in [-0.15, -0.1) is 11.3 Å². The molecule has 0 saturated heterocycles. The van der Waals surface area contributed by atoms with Crippen molar-refractivity contribution >= 4 is 34.8 Å². The van der Waals surface area contributed by atoms with E-state index in [4.69, 9.17) is 4.74 Å². The van der Waals surface area contributed by atoms with E-state index in [1.165, 1.54) is 41.4 Å². The fourth-order valence-corrected chi connectivity index (χ4v) is 3.14. The fraction of sp³-hybridized carbons (Fsp3) is 0.316. The van der Waals surface area contributed by atoms with E-state index in [0.29, 0.717) is 12.1 Å². The number of hydrogen-bond acceptors (Lipinski definition) is 7. The molecule has 2 rings (SSSR count). The van der Waals surface area contributed by atoms with Crippen LogP contribution in [0.15, 0.2) is 35.7 Å². The second kappa shape index (κ2) is 10.3. The van der Waals surface area contributed by atoms with Gasteiger partial charge in [0.05, 0.1) is 23.6 Å². The number of nitro groups is 1. The first-order valence-electron chi connectivity index (χ1n) is 8.80. The summed E-state index contributed by atoms with van der Waals surface area (Å²) >= 11 is 1.52. The smallest absolute Gasteiger partial charge is 0.338 e. The minimum absolute atomic E-state index is 0.108. The number of likely N-dealkylation sites (N-methyl/N-ethyl adjacent to an activating group) is 1. The third-order valence-corrected chi connectivity index (χ3v) is 4.94. The zero-order valence-corrected chi connectivity index (χ0v) is 16.9. The number of esters is 1. The number of hydrogen-bond donors (Lipinski definition) is 1. The third kappa shape index (κ3) is 6.39. The van der Waals surface area contributed by atoms with Crippen LogP contribution >= 0.6 is 11.3 Å². The van der Waals surface area contributed by atoms with Gasteiger partial charge in [0, 0.05) is 23.1 Å². The SMILES string of the molecule is CCN(CC(=O)NCc1cccs1)C(=O)COC(=O)c1ccc([N+](=O)[O-])c(C)c1. The molecular weight excluding hydrogens is 398 g/mol. The molecule has 154 valence electrons. The van der Waals surface area contributed by atoms with Crippen molar-refractivity contribution in [1.29, 1.82) is 0 Å². The molecule has 1 N–H and O–H groups in total. The number of nitrogens with one attached hydrogen (secondary N) is 1. The van der Waals surface area contributed by atoms with Crippen LogP contribution in [0, 0.1) is 17.0 Å². The molecule has 2 aromatic rings. The Labute approximate surface area is 171 Å². The van der Waals surface area contributed by atoms with E-state index in [1.807, 2.05) is 17.5 Å². The summed E-state index contributed by atoms with van der Waals surface area (Å²) in [7, 11) is 0. The predicted molar refractivity (Wildman–Crippen MR) is 107 cm³/mol. The van der Waals surface area contributed by atoms with Gasteiger partial charge in [0.1, 0.15) is 0 Å². The number of thiophene rings is 1. The van der Waals surface area contributed by atoms with Crippen molar-refractivity contribution in [2.75, 3.05) is 19.7 Å². The summed E-state index contributed by atoms with van der Waals surface area (Å²) in [6, 6.07) is 7.60. The average molecular weight is 419 g/mol. The Hall–Kier alpha value is -3.27. The Kier molecular flexibility index (Phi) is 7.84. The first kappa shape index (κ1) is 22.0. The molecule has 0 saturated carbocycles. The monoisotopic (exact) mass is 419 g/mol. The van der Waals surface area contributed by atoms with Crippen LogP contribution in [-0.2, 0) is 20.9 Å². The van der Waals surface area contributed by atoms with Gasteiger partial charge in [-0.25, -0.2) is 4.79 Å². The van der Waals surface area contributed by atoms with E-state index >= 15 is 0 Å². The molecule has 0 fully saturated rings. The van der Waals surface area contributed by atoms with Gasteiger partial charge in [0.2, 0.25) is 5.91 Å². The molecule has 0 aliphatic heterocycles. The molecule has 0 aliphatic carbocycles. The zero-order chi connectivity index (χ0) is 21.4. The van der Waals surface area contributed by atoms with Crippen LogP contribution in [0.25, 0.3) is 0 Å². The summed E-state index contributed by atoms with van der Waals surface area (Å²) < 4.78 is 5.00. The lowest BCUT2D eigenvalue weighted by atomic mass is 10.1. The molecule has 0 unspecified atom stereocenters. The average Bonchev–Trinajstić information content (AvgIpc) is 3.21. The van der Waals surface area contributed by atoms with Crippen molar-refractivity contribution in [3.8, 4) is 0 Å². The highest BCUT2D eigenvalue weighted by molar-refractivity contribution is 7.09. The van der Waals surface area contributed by atoms with Gasteiger partial charge < -0.3 is 15.0 Å². The lowest BCUT2D eigenvalue weighted by Crippen LogP contribution is -2.42. The normalized spacial score (nSPS) is 10.3. The van der Waals surface area contributed by atoms with E-state index in [-0.39, 0.29) is 30.2 Å². The summed E-state index contributed by atoms with van der Waals surface area (Å²) in [5, 5.41) is 15.5. The van der Waals surface area contributed by atoms with Crippen molar-refractivity contribution in [2.24, 2.45) is 0 Å². The second-order valence-electron chi connectivity index (χ2n) is 6.10. The number of ether oxygens (including phenoxy) is 1. The highest BCUT2D eigenvalue weighted by Gasteiger charge is 2.19. The maximum Gasteiger partial charge on any atom is 0.338 e. The molecule has 1 aromatic heterocycles. The van der Waals surface area contributed by atoms with E-state index in [9.17, 15) is 24.5 Å². The van der Waals surface area contributed by atoms with Gasteiger partial charge in [-0.2, -0.15) is 0 Å².